The molecule has 0 fully saturated rings. The highest BCUT2D eigenvalue weighted by atomic mass is 16.5. The lowest BCUT2D eigenvalue weighted by atomic mass is 10.1. The summed E-state index contributed by atoms with van der Waals surface area (Å²) in [6.45, 7) is -0.478. The fraction of sp³-hybridized carbons (Fsp3) is 0.167. The molecular formula is C18H18N2O5. The molecule has 0 bridgehead atoms. The molecule has 2 rings (SSSR count). The Kier molecular flexibility index (Phi) is 6.53. The maximum atomic E-state index is 12.2. The van der Waals surface area contributed by atoms with Gasteiger partial charge in [-0.3, -0.25) is 9.59 Å². The van der Waals surface area contributed by atoms with E-state index in [9.17, 15) is 14.4 Å². The third-order valence-corrected chi connectivity index (χ3v) is 3.28. The van der Waals surface area contributed by atoms with Crippen molar-refractivity contribution in [2.75, 3.05) is 6.54 Å². The van der Waals surface area contributed by atoms with Crippen LogP contribution in [0.15, 0.2) is 60.7 Å². The normalized spacial score (nSPS) is 11.2. The number of carbonyl (C=O) groups is 3. The molecule has 7 heteroatoms. The lowest BCUT2D eigenvalue weighted by Gasteiger charge is -2.18. The molecule has 3 N–H and O–H groups in total. The SMILES string of the molecule is O=C(O)CNC(=O)[C@H](NC(=O)OCc1ccccc1)c1ccccc1. The molecule has 1 atom stereocenters. The van der Waals surface area contributed by atoms with Gasteiger partial charge in [-0.1, -0.05) is 60.7 Å². The minimum atomic E-state index is -1.17. The van der Waals surface area contributed by atoms with Gasteiger partial charge in [0.25, 0.3) is 0 Å². The monoisotopic (exact) mass is 342 g/mol. The van der Waals surface area contributed by atoms with Gasteiger partial charge >= 0.3 is 12.1 Å². The van der Waals surface area contributed by atoms with Crippen LogP contribution in [0.3, 0.4) is 0 Å². The number of hydrogen-bond donors (Lipinski definition) is 3. The number of alkyl carbamates (subject to hydrolysis) is 1. The second kappa shape index (κ2) is 9.07. The summed E-state index contributed by atoms with van der Waals surface area (Å²) in [6.07, 6.45) is -0.775. The number of hydrogen-bond acceptors (Lipinski definition) is 4. The Morgan fingerprint density at radius 3 is 2.16 bits per heavy atom. The predicted octanol–water partition coefficient (Wildman–Crippen LogP) is 1.85. The molecule has 0 unspecified atom stereocenters. The quantitative estimate of drug-likeness (QED) is 0.712. The molecule has 130 valence electrons. The van der Waals surface area contributed by atoms with E-state index >= 15 is 0 Å². The smallest absolute Gasteiger partial charge is 0.408 e. The molecule has 7 nitrogen and oxygen atoms in total. The Bertz CT molecular complexity index is 719. The fourth-order valence-electron chi connectivity index (χ4n) is 2.09. The van der Waals surface area contributed by atoms with Gasteiger partial charge in [0.1, 0.15) is 19.2 Å². The zero-order valence-electron chi connectivity index (χ0n) is 13.3. The van der Waals surface area contributed by atoms with Gasteiger partial charge < -0.3 is 20.5 Å². The van der Waals surface area contributed by atoms with Crippen molar-refractivity contribution in [1.82, 2.24) is 10.6 Å². The highest BCUT2D eigenvalue weighted by Crippen LogP contribution is 2.13. The fourth-order valence-corrected chi connectivity index (χ4v) is 2.09. The molecule has 0 spiro atoms. The lowest BCUT2D eigenvalue weighted by Crippen LogP contribution is -2.42. The van der Waals surface area contributed by atoms with E-state index in [1.165, 1.54) is 0 Å². The van der Waals surface area contributed by atoms with Crippen LogP contribution in [-0.4, -0.2) is 29.6 Å². The Hall–Kier alpha value is -3.35. The first-order chi connectivity index (χ1) is 12.1. The molecule has 0 aliphatic rings. The number of rotatable bonds is 7. The van der Waals surface area contributed by atoms with Crippen LogP contribution < -0.4 is 10.6 Å². The summed E-state index contributed by atoms with van der Waals surface area (Å²) in [5.41, 5.74) is 1.33. The number of amides is 2. The van der Waals surface area contributed by atoms with Gasteiger partial charge in [0.05, 0.1) is 0 Å². The van der Waals surface area contributed by atoms with Crippen LogP contribution in [-0.2, 0) is 20.9 Å². The molecule has 2 amide bonds. The van der Waals surface area contributed by atoms with Crippen molar-refractivity contribution in [2.45, 2.75) is 12.6 Å². The van der Waals surface area contributed by atoms with Crippen molar-refractivity contribution >= 4 is 18.0 Å². The van der Waals surface area contributed by atoms with Crippen LogP contribution in [0.5, 0.6) is 0 Å². The van der Waals surface area contributed by atoms with Crippen LogP contribution in [0.4, 0.5) is 4.79 Å². The van der Waals surface area contributed by atoms with E-state index in [1.54, 1.807) is 30.3 Å². The van der Waals surface area contributed by atoms with Crippen molar-refractivity contribution in [3.63, 3.8) is 0 Å². The van der Waals surface area contributed by atoms with E-state index in [1.807, 2.05) is 30.3 Å². The summed E-state index contributed by atoms with van der Waals surface area (Å²) in [6, 6.07) is 16.6. The molecule has 25 heavy (non-hydrogen) atoms. The van der Waals surface area contributed by atoms with Gasteiger partial charge in [0.2, 0.25) is 5.91 Å². The van der Waals surface area contributed by atoms with Crippen molar-refractivity contribution in [3.8, 4) is 0 Å². The maximum Gasteiger partial charge on any atom is 0.408 e. The second-order valence-electron chi connectivity index (χ2n) is 5.16. The lowest BCUT2D eigenvalue weighted by molar-refractivity contribution is -0.138. The van der Waals surface area contributed by atoms with E-state index in [-0.39, 0.29) is 6.61 Å². The van der Waals surface area contributed by atoms with E-state index in [0.717, 1.165) is 5.56 Å². The minimum Gasteiger partial charge on any atom is -0.480 e. The van der Waals surface area contributed by atoms with Crippen molar-refractivity contribution in [1.29, 1.82) is 0 Å². The zero-order chi connectivity index (χ0) is 18.1. The van der Waals surface area contributed by atoms with Gasteiger partial charge in [0.15, 0.2) is 0 Å². The van der Waals surface area contributed by atoms with Gasteiger partial charge in [0, 0.05) is 0 Å². The molecule has 0 radical (unpaired) electrons. The predicted molar refractivity (Wildman–Crippen MR) is 89.6 cm³/mol. The van der Waals surface area contributed by atoms with Crippen molar-refractivity contribution in [3.05, 3.63) is 71.8 Å². The first-order valence-electron chi connectivity index (χ1n) is 7.58. The molecular weight excluding hydrogens is 324 g/mol. The second-order valence-corrected chi connectivity index (χ2v) is 5.16. The van der Waals surface area contributed by atoms with Gasteiger partial charge in [-0.25, -0.2) is 4.79 Å². The summed E-state index contributed by atoms with van der Waals surface area (Å²) >= 11 is 0. The first kappa shape index (κ1) is 18.0. The Morgan fingerprint density at radius 1 is 0.960 bits per heavy atom. The summed E-state index contributed by atoms with van der Waals surface area (Å²) < 4.78 is 5.11. The maximum absolute atomic E-state index is 12.2. The van der Waals surface area contributed by atoms with Gasteiger partial charge in [-0.05, 0) is 11.1 Å². The molecule has 0 aromatic heterocycles. The molecule has 0 saturated heterocycles. The van der Waals surface area contributed by atoms with Gasteiger partial charge in [-0.2, -0.15) is 0 Å². The van der Waals surface area contributed by atoms with Crippen LogP contribution in [0.1, 0.15) is 17.2 Å². The molecule has 0 aliphatic heterocycles. The summed E-state index contributed by atoms with van der Waals surface area (Å²) in [4.78, 5) is 34.8. The number of aliphatic carboxylic acids is 1. The number of carboxylic acid groups (broad SMARTS) is 1. The average Bonchev–Trinajstić information content (AvgIpc) is 2.64. The van der Waals surface area contributed by atoms with E-state index in [2.05, 4.69) is 10.6 Å². The Morgan fingerprint density at radius 2 is 1.56 bits per heavy atom. The zero-order valence-corrected chi connectivity index (χ0v) is 13.3. The first-order valence-corrected chi connectivity index (χ1v) is 7.58. The third kappa shape index (κ3) is 5.98. The largest absolute Gasteiger partial charge is 0.480 e. The topological polar surface area (TPSA) is 105 Å². The molecule has 0 saturated carbocycles. The Balaban J connectivity index is 2.01. The molecule has 0 aliphatic carbocycles. The standard InChI is InChI=1S/C18H18N2O5/c21-15(22)11-19-17(23)16(14-9-5-2-6-10-14)20-18(24)25-12-13-7-3-1-4-8-13/h1-10,16H,11-12H2,(H,19,23)(H,20,24)(H,21,22)/t16-/m1/s1. The highest BCUT2D eigenvalue weighted by Gasteiger charge is 2.23. The minimum absolute atomic E-state index is 0.0604. The third-order valence-electron chi connectivity index (χ3n) is 3.28. The summed E-state index contributed by atoms with van der Waals surface area (Å²) in [5, 5.41) is 13.4. The molecule has 0 heterocycles. The summed E-state index contributed by atoms with van der Waals surface area (Å²) in [5.74, 6) is -1.81. The number of benzene rings is 2. The number of ether oxygens (including phenoxy) is 1. The molecule has 2 aromatic rings. The molecule has 2 aromatic carbocycles. The van der Waals surface area contributed by atoms with Gasteiger partial charge in [-0.15, -0.1) is 0 Å². The van der Waals surface area contributed by atoms with Crippen LogP contribution >= 0.6 is 0 Å². The van der Waals surface area contributed by atoms with Crippen molar-refractivity contribution in [2.24, 2.45) is 0 Å². The average molecular weight is 342 g/mol. The van der Waals surface area contributed by atoms with E-state index in [0.29, 0.717) is 5.56 Å². The van der Waals surface area contributed by atoms with E-state index < -0.39 is 30.6 Å². The van der Waals surface area contributed by atoms with Crippen LogP contribution in [0, 0.1) is 0 Å². The number of carboxylic acids is 1. The van der Waals surface area contributed by atoms with Crippen LogP contribution in [0.25, 0.3) is 0 Å². The van der Waals surface area contributed by atoms with Crippen LogP contribution in [0.2, 0.25) is 0 Å². The van der Waals surface area contributed by atoms with E-state index in [4.69, 9.17) is 9.84 Å². The Labute approximate surface area is 144 Å². The number of nitrogens with one attached hydrogen (secondary N) is 2. The summed E-state index contributed by atoms with van der Waals surface area (Å²) in [7, 11) is 0. The number of carbonyl (C=O) groups excluding carboxylic acids is 2. The highest BCUT2D eigenvalue weighted by molar-refractivity contribution is 5.88. The van der Waals surface area contributed by atoms with Crippen molar-refractivity contribution < 1.29 is 24.2 Å².